The smallest absolute Gasteiger partial charge is 0.416 e. The number of halogens is 3. The molecule has 0 radical (unpaired) electrons. The number of aliphatic hydroxyl groups excluding tert-OH is 1. The average Bonchev–Trinajstić information content (AvgIpc) is 2.66. The van der Waals surface area contributed by atoms with Crippen LogP contribution in [0, 0.1) is 5.92 Å². The molecule has 3 rings (SSSR count). The van der Waals surface area contributed by atoms with E-state index in [2.05, 4.69) is 5.32 Å². The van der Waals surface area contributed by atoms with Crippen molar-refractivity contribution in [1.82, 2.24) is 0 Å². The first-order valence-corrected chi connectivity index (χ1v) is 8.25. The second-order valence-corrected chi connectivity index (χ2v) is 6.28. The number of amides is 2. The van der Waals surface area contributed by atoms with Crippen LogP contribution in [0.3, 0.4) is 0 Å². The SMILES string of the molecule is COc1cccc2c1C(O)C(C(=O)N(C)c1ccc(C(F)(F)F)cc1)C(=O)N2. The third-order valence-corrected chi connectivity index (χ3v) is 4.62. The summed E-state index contributed by atoms with van der Waals surface area (Å²) in [5.74, 6) is -2.64. The van der Waals surface area contributed by atoms with E-state index < -0.39 is 35.6 Å². The molecule has 2 amide bonds. The number of nitrogens with zero attached hydrogens (tertiary/aromatic N) is 1. The van der Waals surface area contributed by atoms with E-state index in [-0.39, 0.29) is 11.3 Å². The Morgan fingerprint density at radius 3 is 2.39 bits per heavy atom. The van der Waals surface area contributed by atoms with Gasteiger partial charge >= 0.3 is 6.18 Å². The van der Waals surface area contributed by atoms with E-state index in [0.717, 1.165) is 29.2 Å². The zero-order valence-corrected chi connectivity index (χ0v) is 14.9. The van der Waals surface area contributed by atoms with Gasteiger partial charge in [-0.25, -0.2) is 0 Å². The van der Waals surface area contributed by atoms with Crippen molar-refractivity contribution >= 4 is 23.2 Å². The van der Waals surface area contributed by atoms with Crippen LogP contribution in [-0.4, -0.2) is 31.1 Å². The summed E-state index contributed by atoms with van der Waals surface area (Å²) in [5, 5.41) is 13.2. The Balaban J connectivity index is 1.90. The summed E-state index contributed by atoms with van der Waals surface area (Å²) in [7, 11) is 2.71. The first-order valence-electron chi connectivity index (χ1n) is 8.25. The number of ether oxygens (including phenoxy) is 1. The maximum atomic E-state index is 12.9. The van der Waals surface area contributed by atoms with Crippen LogP contribution in [0.5, 0.6) is 5.75 Å². The van der Waals surface area contributed by atoms with E-state index in [1.807, 2.05) is 0 Å². The fraction of sp³-hybridized carbons (Fsp3) is 0.263. The second-order valence-electron chi connectivity index (χ2n) is 6.28. The van der Waals surface area contributed by atoms with Gasteiger partial charge in [-0.15, -0.1) is 0 Å². The molecule has 6 nitrogen and oxygen atoms in total. The number of fused-ring (bicyclic) bond motifs is 1. The first-order chi connectivity index (χ1) is 13.1. The number of alkyl halides is 3. The average molecular weight is 394 g/mol. The number of rotatable bonds is 3. The van der Waals surface area contributed by atoms with E-state index in [4.69, 9.17) is 4.74 Å². The predicted molar refractivity (Wildman–Crippen MR) is 94.9 cm³/mol. The third-order valence-electron chi connectivity index (χ3n) is 4.62. The topological polar surface area (TPSA) is 78.9 Å². The Kier molecular flexibility index (Phi) is 5.03. The molecule has 0 aliphatic carbocycles. The van der Waals surface area contributed by atoms with Gasteiger partial charge in [-0.05, 0) is 36.4 Å². The molecule has 2 N–H and O–H groups in total. The number of aliphatic hydroxyl groups is 1. The molecule has 2 unspecified atom stereocenters. The molecule has 148 valence electrons. The number of anilines is 2. The molecule has 0 fully saturated rings. The summed E-state index contributed by atoms with van der Waals surface area (Å²) in [5.41, 5.74) is -0.100. The standard InChI is InChI=1S/C19H17F3N2O4/c1-24(11-8-6-10(7-9-11)19(20,21)22)18(27)15-16(25)14-12(23-17(15)26)4-3-5-13(14)28-2/h3-9,15-16,25H,1-2H3,(H,23,26). The van der Waals surface area contributed by atoms with Gasteiger partial charge < -0.3 is 20.1 Å². The lowest BCUT2D eigenvalue weighted by molar-refractivity contribution is -0.138. The minimum atomic E-state index is -4.50. The summed E-state index contributed by atoms with van der Waals surface area (Å²) in [4.78, 5) is 26.3. The highest BCUT2D eigenvalue weighted by Gasteiger charge is 2.43. The van der Waals surface area contributed by atoms with Crippen LogP contribution < -0.4 is 15.0 Å². The Morgan fingerprint density at radius 1 is 1.18 bits per heavy atom. The number of hydrogen-bond donors (Lipinski definition) is 2. The molecule has 1 aliphatic rings. The normalized spacial score (nSPS) is 18.9. The molecule has 9 heteroatoms. The second kappa shape index (κ2) is 7.16. The van der Waals surface area contributed by atoms with E-state index >= 15 is 0 Å². The zero-order valence-electron chi connectivity index (χ0n) is 14.9. The van der Waals surface area contributed by atoms with Crippen molar-refractivity contribution in [3.05, 3.63) is 53.6 Å². The maximum absolute atomic E-state index is 12.9. The monoisotopic (exact) mass is 394 g/mol. The summed E-state index contributed by atoms with van der Waals surface area (Å²) in [6.07, 6.45) is -5.97. The Morgan fingerprint density at radius 2 is 1.82 bits per heavy atom. The predicted octanol–water partition coefficient (Wildman–Crippen LogP) is 2.98. The summed E-state index contributed by atoms with van der Waals surface area (Å²) in [6.45, 7) is 0. The highest BCUT2D eigenvalue weighted by Crippen LogP contribution is 2.41. The molecule has 2 aromatic carbocycles. The van der Waals surface area contributed by atoms with Crippen LogP contribution in [0.25, 0.3) is 0 Å². The molecule has 1 aliphatic heterocycles. The number of hydrogen-bond acceptors (Lipinski definition) is 4. The molecular formula is C19H17F3N2O4. The van der Waals surface area contributed by atoms with E-state index in [1.165, 1.54) is 14.2 Å². The Hall–Kier alpha value is -3.07. The van der Waals surface area contributed by atoms with Gasteiger partial charge in [-0.3, -0.25) is 9.59 Å². The number of benzene rings is 2. The lowest BCUT2D eigenvalue weighted by Gasteiger charge is -2.32. The van der Waals surface area contributed by atoms with Crippen LogP contribution in [0.2, 0.25) is 0 Å². The molecule has 0 bridgehead atoms. The quantitative estimate of drug-likeness (QED) is 0.785. The number of methoxy groups -OCH3 is 1. The van der Waals surface area contributed by atoms with Gasteiger partial charge in [0.1, 0.15) is 17.8 Å². The number of carbonyl (C=O) groups excluding carboxylic acids is 2. The molecule has 0 saturated heterocycles. The third kappa shape index (κ3) is 3.40. The molecule has 1 heterocycles. The largest absolute Gasteiger partial charge is 0.496 e. The van der Waals surface area contributed by atoms with Crippen LogP contribution >= 0.6 is 0 Å². The van der Waals surface area contributed by atoms with Gasteiger partial charge in [0, 0.05) is 18.3 Å². The number of carbonyl (C=O) groups is 2. The van der Waals surface area contributed by atoms with Gasteiger partial charge in [-0.2, -0.15) is 13.2 Å². The van der Waals surface area contributed by atoms with Gasteiger partial charge in [0.05, 0.1) is 18.4 Å². The summed E-state index contributed by atoms with van der Waals surface area (Å²) < 4.78 is 43.3. The van der Waals surface area contributed by atoms with Crippen molar-refractivity contribution in [3.8, 4) is 5.75 Å². The highest BCUT2D eigenvalue weighted by molar-refractivity contribution is 6.13. The van der Waals surface area contributed by atoms with Gasteiger partial charge in [-0.1, -0.05) is 6.07 Å². The summed E-state index contributed by atoms with van der Waals surface area (Å²) in [6, 6.07) is 8.72. The van der Waals surface area contributed by atoms with Crippen LogP contribution in [0.1, 0.15) is 17.2 Å². The fourth-order valence-corrected chi connectivity index (χ4v) is 3.11. The van der Waals surface area contributed by atoms with Gasteiger partial charge in [0.2, 0.25) is 11.8 Å². The van der Waals surface area contributed by atoms with Crippen molar-refractivity contribution in [1.29, 1.82) is 0 Å². The molecule has 0 aromatic heterocycles. The van der Waals surface area contributed by atoms with Crippen molar-refractivity contribution < 1.29 is 32.6 Å². The van der Waals surface area contributed by atoms with Crippen LogP contribution in [0.4, 0.5) is 24.5 Å². The van der Waals surface area contributed by atoms with Crippen molar-refractivity contribution in [3.63, 3.8) is 0 Å². The maximum Gasteiger partial charge on any atom is 0.416 e. The fourth-order valence-electron chi connectivity index (χ4n) is 3.11. The molecule has 2 aromatic rings. The zero-order chi connectivity index (χ0) is 20.6. The lowest BCUT2D eigenvalue weighted by Crippen LogP contribution is -2.45. The lowest BCUT2D eigenvalue weighted by atomic mass is 9.88. The highest BCUT2D eigenvalue weighted by atomic mass is 19.4. The molecular weight excluding hydrogens is 377 g/mol. The van der Waals surface area contributed by atoms with E-state index in [1.54, 1.807) is 18.2 Å². The first kappa shape index (κ1) is 19.7. The minimum absolute atomic E-state index is 0.156. The Bertz CT molecular complexity index is 912. The Labute approximate surface area is 158 Å². The van der Waals surface area contributed by atoms with Gasteiger partial charge in [0.15, 0.2) is 0 Å². The van der Waals surface area contributed by atoms with Crippen molar-refractivity contribution in [2.24, 2.45) is 5.92 Å². The molecule has 28 heavy (non-hydrogen) atoms. The van der Waals surface area contributed by atoms with E-state index in [9.17, 15) is 27.9 Å². The molecule has 0 saturated carbocycles. The van der Waals surface area contributed by atoms with Crippen molar-refractivity contribution in [2.45, 2.75) is 12.3 Å². The molecule has 2 atom stereocenters. The summed E-state index contributed by atoms with van der Waals surface area (Å²) >= 11 is 0. The number of nitrogens with one attached hydrogen (secondary N) is 1. The van der Waals surface area contributed by atoms with Crippen LogP contribution in [-0.2, 0) is 15.8 Å². The molecule has 0 spiro atoms. The van der Waals surface area contributed by atoms with Crippen LogP contribution in [0.15, 0.2) is 42.5 Å². The van der Waals surface area contributed by atoms with E-state index in [0.29, 0.717) is 11.4 Å². The minimum Gasteiger partial charge on any atom is -0.496 e. The van der Waals surface area contributed by atoms with Gasteiger partial charge in [0.25, 0.3) is 0 Å². The van der Waals surface area contributed by atoms with Crippen molar-refractivity contribution in [2.75, 3.05) is 24.4 Å².